The molecule has 25 heavy (non-hydrogen) atoms. The second-order valence-corrected chi connectivity index (χ2v) is 5.40. The second kappa shape index (κ2) is 7.88. The van der Waals surface area contributed by atoms with E-state index >= 15 is 0 Å². The van der Waals surface area contributed by atoms with Crippen LogP contribution in [-0.4, -0.2) is 16.8 Å². The van der Waals surface area contributed by atoms with Crippen LogP contribution < -0.4 is 10.6 Å². The van der Waals surface area contributed by atoms with Gasteiger partial charge >= 0.3 is 0 Å². The first-order valence-corrected chi connectivity index (χ1v) is 7.86. The number of anilines is 1. The lowest BCUT2D eigenvalue weighted by Crippen LogP contribution is -2.24. The van der Waals surface area contributed by atoms with Gasteiger partial charge in [0.25, 0.3) is 11.8 Å². The number of hydrogen-bond acceptors (Lipinski definition) is 3. The number of carbonyl (C=O) groups is 2. The van der Waals surface area contributed by atoms with Crippen LogP contribution >= 0.6 is 0 Å². The first-order chi connectivity index (χ1) is 12.2. The Labute approximate surface area is 145 Å². The van der Waals surface area contributed by atoms with Crippen LogP contribution in [-0.2, 0) is 6.54 Å². The smallest absolute Gasteiger partial charge is 0.255 e. The van der Waals surface area contributed by atoms with Crippen molar-refractivity contribution >= 4 is 17.5 Å². The summed E-state index contributed by atoms with van der Waals surface area (Å²) in [7, 11) is 0. The zero-order valence-electron chi connectivity index (χ0n) is 13.5. The minimum atomic E-state index is -0.211. The number of rotatable bonds is 5. The van der Waals surface area contributed by atoms with Crippen molar-refractivity contribution in [2.24, 2.45) is 0 Å². The highest BCUT2D eigenvalue weighted by Crippen LogP contribution is 2.16. The summed E-state index contributed by atoms with van der Waals surface area (Å²) >= 11 is 0. The van der Waals surface area contributed by atoms with E-state index in [9.17, 15) is 9.59 Å². The van der Waals surface area contributed by atoms with E-state index in [1.807, 2.05) is 42.5 Å². The van der Waals surface area contributed by atoms with Crippen molar-refractivity contribution in [2.45, 2.75) is 6.54 Å². The van der Waals surface area contributed by atoms with Gasteiger partial charge in [0.1, 0.15) is 0 Å². The van der Waals surface area contributed by atoms with Gasteiger partial charge in [0.05, 0.1) is 5.56 Å². The van der Waals surface area contributed by atoms with Gasteiger partial charge in [-0.2, -0.15) is 0 Å². The Morgan fingerprint density at radius 1 is 0.800 bits per heavy atom. The molecule has 124 valence electrons. The topological polar surface area (TPSA) is 71.1 Å². The summed E-state index contributed by atoms with van der Waals surface area (Å²) in [6.45, 7) is 0.305. The normalized spacial score (nSPS) is 10.1. The zero-order chi connectivity index (χ0) is 17.5. The van der Waals surface area contributed by atoms with Crippen LogP contribution in [0.4, 0.5) is 5.69 Å². The lowest BCUT2D eigenvalue weighted by Gasteiger charge is -2.12. The first-order valence-electron chi connectivity index (χ1n) is 7.86. The van der Waals surface area contributed by atoms with Crippen molar-refractivity contribution in [2.75, 3.05) is 5.32 Å². The fourth-order valence-electron chi connectivity index (χ4n) is 2.36. The predicted molar refractivity (Wildman–Crippen MR) is 96.2 cm³/mol. The van der Waals surface area contributed by atoms with Gasteiger partial charge in [-0.3, -0.25) is 14.6 Å². The summed E-state index contributed by atoms with van der Waals surface area (Å²) < 4.78 is 0. The van der Waals surface area contributed by atoms with Gasteiger partial charge in [-0.25, -0.2) is 0 Å². The van der Waals surface area contributed by atoms with E-state index in [1.165, 1.54) is 6.20 Å². The number of aromatic nitrogens is 1. The fourth-order valence-corrected chi connectivity index (χ4v) is 2.36. The second-order valence-electron chi connectivity index (χ2n) is 5.40. The van der Waals surface area contributed by atoms with Crippen LogP contribution in [0.25, 0.3) is 0 Å². The van der Waals surface area contributed by atoms with Crippen LogP contribution in [0.2, 0.25) is 0 Å². The molecule has 0 saturated heterocycles. The average molecular weight is 331 g/mol. The van der Waals surface area contributed by atoms with E-state index in [0.717, 1.165) is 5.56 Å². The highest BCUT2D eigenvalue weighted by molar-refractivity contribution is 6.04. The molecule has 0 aliphatic carbocycles. The molecule has 0 radical (unpaired) electrons. The van der Waals surface area contributed by atoms with Crippen LogP contribution in [0.5, 0.6) is 0 Å². The number of hydrogen-bond donors (Lipinski definition) is 2. The molecule has 0 bridgehead atoms. The number of nitrogens with one attached hydrogen (secondary N) is 2. The van der Waals surface area contributed by atoms with Gasteiger partial charge < -0.3 is 10.6 Å². The van der Waals surface area contributed by atoms with Gasteiger partial charge in [0.2, 0.25) is 0 Å². The van der Waals surface area contributed by atoms with Gasteiger partial charge in [-0.05, 0) is 35.9 Å². The van der Waals surface area contributed by atoms with Gasteiger partial charge in [0, 0.05) is 30.2 Å². The minimum Gasteiger partial charge on any atom is -0.348 e. The van der Waals surface area contributed by atoms with Crippen molar-refractivity contribution in [3.63, 3.8) is 0 Å². The molecule has 1 heterocycles. The summed E-state index contributed by atoms with van der Waals surface area (Å²) in [5.74, 6) is -0.399. The van der Waals surface area contributed by atoms with E-state index < -0.39 is 0 Å². The maximum absolute atomic E-state index is 12.3. The van der Waals surface area contributed by atoms with E-state index in [1.54, 1.807) is 30.5 Å². The van der Waals surface area contributed by atoms with Gasteiger partial charge in [0.15, 0.2) is 0 Å². The van der Waals surface area contributed by atoms with Crippen molar-refractivity contribution in [1.29, 1.82) is 0 Å². The highest BCUT2D eigenvalue weighted by Gasteiger charge is 2.10. The Bertz CT molecular complexity index is 864. The summed E-state index contributed by atoms with van der Waals surface area (Å²) in [5.41, 5.74) is 2.57. The standard InChI is InChI=1S/C20H17N3O2/c24-19(17-10-6-12-21-13-17)22-14-16-9-4-5-11-18(16)23-20(25)15-7-2-1-3-8-15/h1-13H,14H2,(H,22,24)(H,23,25). The van der Waals surface area contributed by atoms with E-state index in [-0.39, 0.29) is 11.8 Å². The molecule has 0 fully saturated rings. The Balaban J connectivity index is 1.69. The quantitative estimate of drug-likeness (QED) is 0.754. The monoisotopic (exact) mass is 331 g/mol. The SMILES string of the molecule is O=C(NCc1ccccc1NC(=O)c1ccccc1)c1cccnc1. The number of nitrogens with zero attached hydrogens (tertiary/aromatic N) is 1. The molecule has 0 saturated carbocycles. The molecule has 0 unspecified atom stereocenters. The maximum Gasteiger partial charge on any atom is 0.255 e. The third-order valence-electron chi connectivity index (χ3n) is 3.66. The third-order valence-corrected chi connectivity index (χ3v) is 3.66. The molecular formula is C20H17N3O2. The summed E-state index contributed by atoms with van der Waals surface area (Å²) in [4.78, 5) is 28.4. The van der Waals surface area contributed by atoms with Crippen LogP contribution in [0.3, 0.4) is 0 Å². The Kier molecular flexibility index (Phi) is 5.16. The van der Waals surface area contributed by atoms with Crippen LogP contribution in [0, 0.1) is 0 Å². The lowest BCUT2D eigenvalue weighted by molar-refractivity contribution is 0.0950. The van der Waals surface area contributed by atoms with Gasteiger partial charge in [-0.15, -0.1) is 0 Å². The lowest BCUT2D eigenvalue weighted by atomic mass is 10.1. The van der Waals surface area contributed by atoms with E-state index in [4.69, 9.17) is 0 Å². The molecule has 0 atom stereocenters. The molecule has 5 nitrogen and oxygen atoms in total. The Morgan fingerprint density at radius 3 is 2.28 bits per heavy atom. The molecule has 1 aromatic heterocycles. The molecule has 0 aliphatic heterocycles. The Morgan fingerprint density at radius 2 is 1.52 bits per heavy atom. The van der Waals surface area contributed by atoms with Crippen molar-refractivity contribution in [1.82, 2.24) is 10.3 Å². The highest BCUT2D eigenvalue weighted by atomic mass is 16.2. The molecule has 3 aromatic rings. The number of benzene rings is 2. The molecule has 0 spiro atoms. The van der Waals surface area contributed by atoms with Gasteiger partial charge in [-0.1, -0.05) is 36.4 Å². The first kappa shape index (κ1) is 16.4. The van der Waals surface area contributed by atoms with Crippen molar-refractivity contribution in [3.8, 4) is 0 Å². The van der Waals surface area contributed by atoms with Crippen molar-refractivity contribution in [3.05, 3.63) is 95.8 Å². The summed E-state index contributed by atoms with van der Waals surface area (Å²) in [6.07, 6.45) is 3.13. The van der Waals surface area contributed by atoms with Crippen LogP contribution in [0.15, 0.2) is 79.1 Å². The molecule has 5 heteroatoms. The molecule has 2 aromatic carbocycles. The number of carbonyl (C=O) groups excluding carboxylic acids is 2. The largest absolute Gasteiger partial charge is 0.348 e. The van der Waals surface area contributed by atoms with Crippen LogP contribution in [0.1, 0.15) is 26.3 Å². The summed E-state index contributed by atoms with van der Waals surface area (Å²) in [5, 5.41) is 5.73. The molecule has 0 aliphatic rings. The summed E-state index contributed by atoms with van der Waals surface area (Å²) in [6, 6.07) is 19.8. The average Bonchev–Trinajstić information content (AvgIpc) is 2.68. The number of pyridine rings is 1. The molecule has 2 N–H and O–H groups in total. The Hall–Kier alpha value is -3.47. The minimum absolute atomic E-state index is 0.188. The van der Waals surface area contributed by atoms with E-state index in [0.29, 0.717) is 23.4 Å². The number of amides is 2. The van der Waals surface area contributed by atoms with E-state index in [2.05, 4.69) is 15.6 Å². The molecular weight excluding hydrogens is 314 g/mol. The molecule has 3 rings (SSSR count). The fraction of sp³-hybridized carbons (Fsp3) is 0.0500. The number of para-hydroxylation sites is 1. The third kappa shape index (κ3) is 4.29. The molecule has 2 amide bonds. The zero-order valence-corrected chi connectivity index (χ0v) is 13.5. The predicted octanol–water partition coefficient (Wildman–Crippen LogP) is 3.26. The maximum atomic E-state index is 12.3. The van der Waals surface area contributed by atoms with Crippen molar-refractivity contribution < 1.29 is 9.59 Å².